The van der Waals surface area contributed by atoms with Crippen LogP contribution in [0.15, 0.2) is 11.8 Å². The van der Waals surface area contributed by atoms with Crippen molar-refractivity contribution in [2.45, 2.75) is 12.1 Å². The Kier molecular flexibility index (Phi) is 7.56. The van der Waals surface area contributed by atoms with Crippen LogP contribution in [0.25, 0.3) is 0 Å². The lowest BCUT2D eigenvalue weighted by Crippen LogP contribution is -2.65. The number of carbonyl (C=O) groups excluding carboxylic acids is 5. The van der Waals surface area contributed by atoms with Crippen molar-refractivity contribution < 1.29 is 47.2 Å². The number of amides is 5. The van der Waals surface area contributed by atoms with E-state index in [2.05, 4.69) is 0 Å². The summed E-state index contributed by atoms with van der Waals surface area (Å²) in [6.07, 6.45) is -1.27. The van der Waals surface area contributed by atoms with Crippen LogP contribution in [0.5, 0.6) is 0 Å². The molecule has 8 N–H and O–H groups in total. The fourth-order valence-corrected chi connectivity index (χ4v) is 2.50. The minimum Gasteiger partial charge on any atom is -0.393 e. The Labute approximate surface area is 157 Å². The molecule has 15 nitrogen and oxygen atoms in total. The van der Waals surface area contributed by atoms with Gasteiger partial charge in [0.25, 0.3) is 17.7 Å². The SMILES string of the molecule is NC(=O)C=C(NC(=O)CNC(=O)C(O)CO)C(=O)NC1CN(S(=O)(=O)O)C1=O. The second kappa shape index (κ2) is 9.22. The zero-order valence-corrected chi connectivity index (χ0v) is 14.8. The molecule has 1 saturated heterocycles. The van der Waals surface area contributed by atoms with E-state index in [-0.39, 0.29) is 4.31 Å². The normalized spacial score (nSPS) is 18.0. The Hall–Kier alpha value is -3.08. The molecular weight excluding hydrogens is 406 g/mol. The second-order valence-electron chi connectivity index (χ2n) is 5.30. The highest BCUT2D eigenvalue weighted by Gasteiger charge is 2.44. The molecule has 0 aliphatic carbocycles. The highest BCUT2D eigenvalue weighted by molar-refractivity contribution is 7.84. The van der Waals surface area contributed by atoms with Gasteiger partial charge in [-0.2, -0.15) is 8.42 Å². The van der Waals surface area contributed by atoms with Crippen LogP contribution in [-0.2, 0) is 34.3 Å². The quantitative estimate of drug-likeness (QED) is 0.105. The van der Waals surface area contributed by atoms with Crippen LogP contribution < -0.4 is 21.7 Å². The van der Waals surface area contributed by atoms with E-state index in [0.29, 0.717) is 6.08 Å². The molecule has 156 valence electrons. The number of β-lactam (4-membered cyclic amide) rings is 1. The number of hydrogen-bond acceptors (Lipinski definition) is 9. The molecule has 2 unspecified atom stereocenters. The van der Waals surface area contributed by atoms with Gasteiger partial charge in [-0.3, -0.25) is 28.5 Å². The van der Waals surface area contributed by atoms with E-state index >= 15 is 0 Å². The van der Waals surface area contributed by atoms with Gasteiger partial charge in [-0.05, 0) is 0 Å². The van der Waals surface area contributed by atoms with Gasteiger partial charge < -0.3 is 31.9 Å². The van der Waals surface area contributed by atoms with Crippen LogP contribution in [-0.4, -0.2) is 88.9 Å². The molecule has 1 aliphatic rings. The minimum atomic E-state index is -4.77. The van der Waals surface area contributed by atoms with Gasteiger partial charge in [0.2, 0.25) is 11.8 Å². The highest BCUT2D eigenvalue weighted by Crippen LogP contribution is 2.14. The summed E-state index contributed by atoms with van der Waals surface area (Å²) in [6.45, 7) is -2.22. The summed E-state index contributed by atoms with van der Waals surface area (Å²) in [5.41, 5.74) is 4.19. The topological polar surface area (TPSA) is 246 Å². The predicted molar refractivity (Wildman–Crippen MR) is 86.7 cm³/mol. The predicted octanol–water partition coefficient (Wildman–Crippen LogP) is -5.93. The van der Waals surface area contributed by atoms with Gasteiger partial charge in [0.15, 0.2) is 6.10 Å². The third-order valence-electron chi connectivity index (χ3n) is 3.18. The maximum absolute atomic E-state index is 12.1. The molecule has 5 amide bonds. The van der Waals surface area contributed by atoms with Gasteiger partial charge in [0, 0.05) is 6.08 Å². The van der Waals surface area contributed by atoms with Crippen molar-refractivity contribution in [1.82, 2.24) is 20.3 Å². The number of carbonyl (C=O) groups is 5. The van der Waals surface area contributed by atoms with Crippen molar-refractivity contribution in [2.24, 2.45) is 5.73 Å². The second-order valence-corrected chi connectivity index (χ2v) is 6.63. The summed E-state index contributed by atoms with van der Waals surface area (Å²) in [7, 11) is -4.77. The van der Waals surface area contributed by atoms with Crippen LogP contribution in [0.1, 0.15) is 0 Å². The fourth-order valence-electron chi connectivity index (χ4n) is 1.81. The number of rotatable bonds is 9. The number of aliphatic hydroxyl groups is 2. The number of aliphatic hydroxyl groups excluding tert-OH is 2. The molecule has 0 bridgehead atoms. The average molecular weight is 423 g/mol. The largest absolute Gasteiger partial charge is 0.393 e. The van der Waals surface area contributed by atoms with Crippen molar-refractivity contribution in [3.8, 4) is 0 Å². The fraction of sp³-hybridized carbons (Fsp3) is 0.417. The Morgan fingerprint density at radius 3 is 2.39 bits per heavy atom. The van der Waals surface area contributed by atoms with E-state index in [1.165, 1.54) is 0 Å². The summed E-state index contributed by atoms with van der Waals surface area (Å²) in [4.78, 5) is 57.6. The standard InChI is InChI=1S/C12H17N5O10S/c13-8(20)1-5(15-9(21)2-14-11(23)7(19)4-18)10(22)16-6-3-17(12(6)24)28(25,26)27/h1,6-7,18-19H,2-4H2,(H2,13,20)(H,14,23)(H,15,21)(H,16,22)(H,25,26,27). The summed E-state index contributed by atoms with van der Waals surface area (Å²) >= 11 is 0. The van der Waals surface area contributed by atoms with Crippen LogP contribution in [0.4, 0.5) is 0 Å². The Bertz CT molecular complexity index is 823. The molecule has 0 aromatic heterocycles. The first kappa shape index (κ1) is 23.0. The number of nitrogens with one attached hydrogen (secondary N) is 3. The molecule has 16 heteroatoms. The molecule has 0 aromatic rings. The van der Waals surface area contributed by atoms with Crippen LogP contribution in [0.3, 0.4) is 0 Å². The lowest BCUT2D eigenvalue weighted by molar-refractivity contribution is -0.140. The number of nitrogens with two attached hydrogens (primary N) is 1. The van der Waals surface area contributed by atoms with E-state index in [9.17, 15) is 32.4 Å². The van der Waals surface area contributed by atoms with Gasteiger partial charge in [-0.1, -0.05) is 0 Å². The third kappa shape index (κ3) is 6.27. The summed E-state index contributed by atoms with van der Waals surface area (Å²) < 4.78 is 30.5. The molecule has 28 heavy (non-hydrogen) atoms. The first-order valence-corrected chi connectivity index (χ1v) is 8.74. The Balaban J connectivity index is 2.70. The Morgan fingerprint density at radius 2 is 1.93 bits per heavy atom. The van der Waals surface area contributed by atoms with Gasteiger partial charge >= 0.3 is 10.3 Å². The zero-order valence-electron chi connectivity index (χ0n) is 14.0. The van der Waals surface area contributed by atoms with E-state index in [0.717, 1.165) is 0 Å². The molecule has 1 rings (SSSR count). The molecular formula is C12H17N5O10S. The molecule has 1 aliphatic heterocycles. The average Bonchev–Trinajstić information content (AvgIpc) is 2.59. The molecule has 0 aromatic carbocycles. The van der Waals surface area contributed by atoms with Crippen molar-refractivity contribution in [1.29, 1.82) is 0 Å². The molecule has 1 heterocycles. The molecule has 1 fully saturated rings. The van der Waals surface area contributed by atoms with Crippen LogP contribution >= 0.6 is 0 Å². The summed E-state index contributed by atoms with van der Waals surface area (Å²) in [5.74, 6) is -5.58. The van der Waals surface area contributed by atoms with Crippen molar-refractivity contribution in [2.75, 3.05) is 19.7 Å². The number of nitrogens with zero attached hydrogens (tertiary/aromatic N) is 1. The third-order valence-corrected chi connectivity index (χ3v) is 4.07. The van der Waals surface area contributed by atoms with E-state index < -0.39 is 77.4 Å². The van der Waals surface area contributed by atoms with Gasteiger partial charge in [0.1, 0.15) is 11.7 Å². The molecule has 0 spiro atoms. The lowest BCUT2D eigenvalue weighted by atomic mass is 10.1. The van der Waals surface area contributed by atoms with Crippen LogP contribution in [0, 0.1) is 0 Å². The van der Waals surface area contributed by atoms with E-state index in [1.807, 2.05) is 16.0 Å². The van der Waals surface area contributed by atoms with Crippen LogP contribution in [0.2, 0.25) is 0 Å². The molecule has 0 radical (unpaired) electrons. The maximum Gasteiger partial charge on any atom is 0.362 e. The summed E-state index contributed by atoms with van der Waals surface area (Å²) in [5, 5.41) is 23.5. The Morgan fingerprint density at radius 1 is 1.32 bits per heavy atom. The number of primary amides is 1. The molecule has 0 saturated carbocycles. The monoisotopic (exact) mass is 423 g/mol. The van der Waals surface area contributed by atoms with E-state index in [1.54, 1.807) is 0 Å². The van der Waals surface area contributed by atoms with Crippen molar-refractivity contribution >= 4 is 39.8 Å². The number of hydrogen-bond donors (Lipinski definition) is 7. The van der Waals surface area contributed by atoms with Gasteiger partial charge in [-0.15, -0.1) is 0 Å². The lowest BCUT2D eigenvalue weighted by Gasteiger charge is -2.35. The summed E-state index contributed by atoms with van der Waals surface area (Å²) in [6, 6.07) is -1.35. The maximum atomic E-state index is 12.1. The zero-order chi connectivity index (χ0) is 21.6. The van der Waals surface area contributed by atoms with Crippen molar-refractivity contribution in [3.63, 3.8) is 0 Å². The van der Waals surface area contributed by atoms with E-state index in [4.69, 9.17) is 20.5 Å². The molecule has 2 atom stereocenters. The van der Waals surface area contributed by atoms with Gasteiger partial charge in [-0.25, -0.2) is 4.31 Å². The van der Waals surface area contributed by atoms with Gasteiger partial charge in [0.05, 0.1) is 19.7 Å². The first-order chi connectivity index (χ1) is 12.9. The minimum absolute atomic E-state index is 0.0794. The van der Waals surface area contributed by atoms with Crippen molar-refractivity contribution in [3.05, 3.63) is 11.8 Å². The highest BCUT2D eigenvalue weighted by atomic mass is 32.2. The first-order valence-electron chi connectivity index (χ1n) is 7.34. The smallest absolute Gasteiger partial charge is 0.362 e.